The third kappa shape index (κ3) is 4.30. The molecule has 0 bridgehead atoms. The van der Waals surface area contributed by atoms with Gasteiger partial charge in [-0.05, 0) is 81.5 Å². The maximum absolute atomic E-state index is 13.8. The van der Waals surface area contributed by atoms with E-state index in [2.05, 4.69) is 6.92 Å². The van der Waals surface area contributed by atoms with Crippen LogP contribution in [0.4, 0.5) is 8.78 Å². The molecule has 0 spiro atoms. The maximum Gasteiger partial charge on any atom is 0.129 e. The van der Waals surface area contributed by atoms with Crippen molar-refractivity contribution in [2.45, 2.75) is 95.7 Å². The Morgan fingerprint density at radius 3 is 2.04 bits per heavy atom. The van der Waals surface area contributed by atoms with Crippen LogP contribution in [0.2, 0.25) is 0 Å². The molecule has 1 saturated heterocycles. The number of alkyl halides is 2. The number of hydrogen-bond donors (Lipinski definition) is 1. The van der Waals surface area contributed by atoms with Gasteiger partial charge in [0.1, 0.15) is 18.4 Å². The lowest BCUT2D eigenvalue weighted by Crippen LogP contribution is -2.43. The van der Waals surface area contributed by atoms with E-state index < -0.39 is 18.4 Å². The van der Waals surface area contributed by atoms with Gasteiger partial charge in [0.25, 0.3) is 0 Å². The fourth-order valence-electron chi connectivity index (χ4n) is 5.39. The van der Waals surface area contributed by atoms with Gasteiger partial charge in [-0.3, -0.25) is 0 Å². The molecule has 4 atom stereocenters. The van der Waals surface area contributed by atoms with Crippen molar-refractivity contribution in [2.75, 3.05) is 6.61 Å². The molecule has 2 saturated carbocycles. The predicted octanol–water partition coefficient (Wildman–Crippen LogP) is 4.84. The minimum Gasteiger partial charge on any atom is -0.387 e. The average Bonchev–Trinajstić information content (AvgIpc) is 2.60. The molecule has 3 aliphatic rings. The zero-order chi connectivity index (χ0) is 17.1. The largest absolute Gasteiger partial charge is 0.387 e. The molecular formula is C20H34F2O2. The van der Waals surface area contributed by atoms with Gasteiger partial charge < -0.3 is 9.84 Å². The van der Waals surface area contributed by atoms with Gasteiger partial charge in [0.2, 0.25) is 0 Å². The van der Waals surface area contributed by atoms with E-state index in [4.69, 9.17) is 4.74 Å². The van der Waals surface area contributed by atoms with Gasteiger partial charge >= 0.3 is 0 Å². The molecule has 140 valence electrons. The third-order valence-electron chi connectivity index (χ3n) is 6.91. The summed E-state index contributed by atoms with van der Waals surface area (Å²) in [6.45, 7) is 3.16. The Kier molecular flexibility index (Phi) is 6.53. The molecule has 2 nitrogen and oxygen atoms in total. The first kappa shape index (κ1) is 18.6. The average molecular weight is 344 g/mol. The fourth-order valence-corrected chi connectivity index (χ4v) is 5.39. The highest BCUT2D eigenvalue weighted by atomic mass is 19.1. The molecule has 0 radical (unpaired) electrons. The lowest BCUT2D eigenvalue weighted by molar-refractivity contribution is -0.0708. The third-order valence-corrected chi connectivity index (χ3v) is 6.91. The highest BCUT2D eigenvalue weighted by Crippen LogP contribution is 2.43. The van der Waals surface area contributed by atoms with Crippen molar-refractivity contribution in [1.29, 1.82) is 0 Å². The minimum atomic E-state index is -1.40. The molecule has 1 heterocycles. The SMILES string of the molecule is CCCC1CCC(C2CCC(C3CC(F)C(O)C(F)C3)CC2)OC1. The summed E-state index contributed by atoms with van der Waals surface area (Å²) in [5.74, 6) is 1.93. The summed E-state index contributed by atoms with van der Waals surface area (Å²) in [6.07, 6.45) is 6.37. The number of aliphatic hydroxyl groups is 1. The van der Waals surface area contributed by atoms with Gasteiger partial charge in [-0.15, -0.1) is 0 Å². The van der Waals surface area contributed by atoms with Crippen LogP contribution in [0.1, 0.15) is 71.1 Å². The van der Waals surface area contributed by atoms with Crippen LogP contribution in [-0.4, -0.2) is 36.3 Å². The van der Waals surface area contributed by atoms with Crippen molar-refractivity contribution in [3.63, 3.8) is 0 Å². The van der Waals surface area contributed by atoms with Crippen molar-refractivity contribution in [1.82, 2.24) is 0 Å². The fraction of sp³-hybridized carbons (Fsp3) is 1.00. The Bertz CT molecular complexity index is 364. The summed E-state index contributed by atoms with van der Waals surface area (Å²) < 4.78 is 33.7. The Morgan fingerprint density at radius 1 is 0.875 bits per heavy atom. The van der Waals surface area contributed by atoms with Gasteiger partial charge in [-0.25, -0.2) is 8.78 Å². The number of rotatable bonds is 4. The first-order valence-electron chi connectivity index (χ1n) is 10.2. The molecule has 24 heavy (non-hydrogen) atoms. The molecule has 1 aliphatic heterocycles. The first-order chi connectivity index (χ1) is 11.6. The molecule has 1 N–H and O–H groups in total. The Morgan fingerprint density at radius 2 is 1.50 bits per heavy atom. The molecular weight excluding hydrogens is 310 g/mol. The van der Waals surface area contributed by atoms with Crippen molar-refractivity contribution in [3.8, 4) is 0 Å². The van der Waals surface area contributed by atoms with Gasteiger partial charge in [0.15, 0.2) is 0 Å². The second-order valence-electron chi connectivity index (χ2n) is 8.53. The lowest BCUT2D eigenvalue weighted by atomic mass is 9.68. The van der Waals surface area contributed by atoms with E-state index in [1.54, 1.807) is 0 Å². The van der Waals surface area contributed by atoms with Crippen LogP contribution in [-0.2, 0) is 4.74 Å². The Labute approximate surface area is 145 Å². The van der Waals surface area contributed by atoms with Crippen molar-refractivity contribution in [3.05, 3.63) is 0 Å². The topological polar surface area (TPSA) is 29.5 Å². The summed E-state index contributed by atoms with van der Waals surface area (Å²) in [5.41, 5.74) is 0. The summed E-state index contributed by atoms with van der Waals surface area (Å²) >= 11 is 0. The van der Waals surface area contributed by atoms with E-state index in [9.17, 15) is 13.9 Å². The van der Waals surface area contributed by atoms with Crippen LogP contribution < -0.4 is 0 Å². The van der Waals surface area contributed by atoms with Gasteiger partial charge in [-0.2, -0.15) is 0 Å². The molecule has 0 aromatic heterocycles. The number of ether oxygens (including phenoxy) is 1. The Hall–Kier alpha value is -0.220. The number of hydrogen-bond acceptors (Lipinski definition) is 2. The predicted molar refractivity (Wildman–Crippen MR) is 91.3 cm³/mol. The lowest BCUT2D eigenvalue weighted by Gasteiger charge is -2.42. The van der Waals surface area contributed by atoms with Crippen LogP contribution >= 0.6 is 0 Å². The quantitative estimate of drug-likeness (QED) is 0.791. The smallest absolute Gasteiger partial charge is 0.129 e. The summed E-state index contributed by atoms with van der Waals surface area (Å²) in [4.78, 5) is 0. The molecule has 4 heteroatoms. The van der Waals surface area contributed by atoms with Crippen molar-refractivity contribution >= 4 is 0 Å². The molecule has 3 rings (SSSR count). The Balaban J connectivity index is 1.43. The number of aliphatic hydroxyl groups excluding tert-OH is 1. The highest BCUT2D eigenvalue weighted by Gasteiger charge is 2.41. The zero-order valence-electron chi connectivity index (χ0n) is 15.0. The standard InChI is InChI=1S/C20H34F2O2/c1-2-3-13-4-9-19(24-12-13)15-7-5-14(6-8-15)16-10-17(21)20(23)18(22)11-16/h13-20,23H,2-12H2,1H3. The van der Waals surface area contributed by atoms with Gasteiger partial charge in [0, 0.05) is 6.61 Å². The number of halogens is 2. The summed E-state index contributed by atoms with van der Waals surface area (Å²) in [7, 11) is 0. The second-order valence-corrected chi connectivity index (χ2v) is 8.53. The van der Waals surface area contributed by atoms with E-state index in [-0.39, 0.29) is 5.92 Å². The van der Waals surface area contributed by atoms with Crippen LogP contribution in [0.25, 0.3) is 0 Å². The molecule has 0 aromatic rings. The van der Waals surface area contributed by atoms with Crippen molar-refractivity contribution in [2.24, 2.45) is 23.7 Å². The molecule has 0 aromatic carbocycles. The highest BCUT2D eigenvalue weighted by molar-refractivity contribution is 4.91. The summed E-state index contributed by atoms with van der Waals surface area (Å²) in [5, 5.41) is 9.47. The van der Waals surface area contributed by atoms with Gasteiger partial charge in [0.05, 0.1) is 6.10 Å². The molecule has 2 aliphatic carbocycles. The van der Waals surface area contributed by atoms with Crippen LogP contribution in [0, 0.1) is 23.7 Å². The van der Waals surface area contributed by atoms with Crippen molar-refractivity contribution < 1.29 is 18.6 Å². The first-order valence-corrected chi connectivity index (χ1v) is 10.2. The van der Waals surface area contributed by atoms with Crippen LogP contribution in [0.5, 0.6) is 0 Å². The molecule has 0 amide bonds. The second kappa shape index (κ2) is 8.44. The zero-order valence-corrected chi connectivity index (χ0v) is 15.0. The van der Waals surface area contributed by atoms with Gasteiger partial charge in [-0.1, -0.05) is 13.3 Å². The monoisotopic (exact) mass is 344 g/mol. The van der Waals surface area contributed by atoms with E-state index in [0.717, 1.165) is 38.2 Å². The van der Waals surface area contributed by atoms with E-state index >= 15 is 0 Å². The van der Waals surface area contributed by atoms with Crippen LogP contribution in [0.3, 0.4) is 0 Å². The molecule has 3 fully saturated rings. The van der Waals surface area contributed by atoms with E-state index in [0.29, 0.717) is 30.8 Å². The summed E-state index contributed by atoms with van der Waals surface area (Å²) in [6, 6.07) is 0. The minimum absolute atomic E-state index is 0.112. The van der Waals surface area contributed by atoms with Crippen LogP contribution in [0.15, 0.2) is 0 Å². The van der Waals surface area contributed by atoms with E-state index in [1.165, 1.54) is 25.7 Å². The maximum atomic E-state index is 13.8. The van der Waals surface area contributed by atoms with E-state index in [1.807, 2.05) is 0 Å². The molecule has 4 unspecified atom stereocenters. The normalized spacial score (nSPS) is 47.5.